The van der Waals surface area contributed by atoms with E-state index in [0.717, 1.165) is 22.4 Å². The summed E-state index contributed by atoms with van der Waals surface area (Å²) in [5, 5.41) is 6.62. The summed E-state index contributed by atoms with van der Waals surface area (Å²) < 4.78 is 11.2. The number of hydrogen-bond acceptors (Lipinski definition) is 6. The van der Waals surface area contributed by atoms with E-state index in [2.05, 4.69) is 44.5 Å². The van der Waals surface area contributed by atoms with E-state index in [9.17, 15) is 9.59 Å². The summed E-state index contributed by atoms with van der Waals surface area (Å²) in [5.41, 5.74) is 15.2. The molecule has 0 atom stereocenters. The lowest BCUT2D eigenvalue weighted by atomic mass is 9.98. The zero-order valence-corrected chi connectivity index (χ0v) is 23.5. The average molecular weight is 555 g/mol. The number of piperazine rings is 1. The number of nitrogens with one attached hydrogen (secondary N) is 1. The van der Waals surface area contributed by atoms with Crippen LogP contribution in [-0.2, 0) is 16.0 Å². The number of carbonyl (C=O) groups is 2. The van der Waals surface area contributed by atoms with Gasteiger partial charge >= 0.3 is 12.2 Å². The minimum absolute atomic E-state index is 0.0209. The van der Waals surface area contributed by atoms with Crippen molar-refractivity contribution >= 4 is 23.6 Å². The molecule has 0 aromatic heterocycles. The predicted octanol–water partition coefficient (Wildman–Crippen LogP) is 6.72. The van der Waals surface area contributed by atoms with E-state index in [1.54, 1.807) is 17.0 Å². The first kappa shape index (κ1) is 27.9. The van der Waals surface area contributed by atoms with E-state index >= 15 is 0 Å². The molecule has 5 rings (SSSR count). The van der Waals surface area contributed by atoms with E-state index in [1.807, 2.05) is 51.1 Å². The van der Waals surface area contributed by atoms with Crippen LogP contribution in [0.5, 0.6) is 0 Å². The number of benzene rings is 3. The number of ether oxygens (including phenoxy) is 2. The fraction of sp³-hybridized carbons (Fsp3) is 0.355. The van der Waals surface area contributed by atoms with Gasteiger partial charge in [-0.05, 0) is 72.3 Å². The largest absolute Gasteiger partial charge is 0.449 e. The molecule has 1 N–H and O–H groups in total. The van der Waals surface area contributed by atoms with Crippen LogP contribution in [0.2, 0.25) is 0 Å². The molecule has 3 aromatic carbocycles. The Kier molecular flexibility index (Phi) is 8.03. The van der Waals surface area contributed by atoms with Gasteiger partial charge in [-0.1, -0.05) is 53.6 Å². The molecule has 1 fully saturated rings. The molecule has 0 bridgehead atoms. The SMILES string of the molecule is CC(C)(C)OC(=O)N1CCN(c2cc(CNC(=O)OCC3c4ccccc4-c4ccccc43)cc(N=[N+]=[N-])c2)CC1. The first-order chi connectivity index (χ1) is 19.7. The van der Waals surface area contributed by atoms with Crippen LogP contribution < -0.4 is 10.2 Å². The van der Waals surface area contributed by atoms with Crippen molar-refractivity contribution in [2.24, 2.45) is 5.11 Å². The van der Waals surface area contributed by atoms with Crippen LogP contribution in [0, 0.1) is 0 Å². The van der Waals surface area contributed by atoms with Crippen LogP contribution in [0.1, 0.15) is 43.4 Å². The maximum atomic E-state index is 12.7. The van der Waals surface area contributed by atoms with E-state index in [-0.39, 0.29) is 25.2 Å². The van der Waals surface area contributed by atoms with Gasteiger partial charge in [0.2, 0.25) is 0 Å². The molecular formula is C31H34N6O4. The summed E-state index contributed by atoms with van der Waals surface area (Å²) >= 11 is 0. The third kappa shape index (κ3) is 6.56. The quantitative estimate of drug-likeness (QED) is 0.206. The zero-order valence-electron chi connectivity index (χ0n) is 23.5. The second kappa shape index (κ2) is 11.8. The van der Waals surface area contributed by atoms with Crippen LogP contribution in [0.3, 0.4) is 0 Å². The average Bonchev–Trinajstić information content (AvgIpc) is 3.28. The number of anilines is 1. The summed E-state index contributed by atoms with van der Waals surface area (Å²) in [7, 11) is 0. The standard InChI is InChI=1S/C31H34N6O4/c1-31(2,3)41-30(39)37-14-12-36(13-15-37)23-17-21(16-22(18-23)34-35-32)19-33-29(38)40-20-28-26-10-6-4-8-24(26)25-9-5-7-11-27(25)28/h4-11,16-18,28H,12-15,19-20H2,1-3H3,(H,33,38). The van der Waals surface area contributed by atoms with Crippen LogP contribution in [0.25, 0.3) is 21.6 Å². The van der Waals surface area contributed by atoms with E-state index in [1.165, 1.54) is 11.1 Å². The molecule has 10 heteroatoms. The molecule has 41 heavy (non-hydrogen) atoms. The molecule has 2 amide bonds. The van der Waals surface area contributed by atoms with E-state index < -0.39 is 11.7 Å². The summed E-state index contributed by atoms with van der Waals surface area (Å²) in [6.45, 7) is 8.18. The first-order valence-corrected chi connectivity index (χ1v) is 13.7. The Morgan fingerprint density at radius 3 is 2.22 bits per heavy atom. The van der Waals surface area contributed by atoms with Crippen LogP contribution in [0.4, 0.5) is 21.0 Å². The Balaban J connectivity index is 1.20. The minimum atomic E-state index is -0.549. The van der Waals surface area contributed by atoms with Crippen molar-refractivity contribution in [3.05, 3.63) is 93.9 Å². The van der Waals surface area contributed by atoms with Crippen LogP contribution in [0.15, 0.2) is 71.8 Å². The van der Waals surface area contributed by atoms with Crippen molar-refractivity contribution in [2.75, 3.05) is 37.7 Å². The van der Waals surface area contributed by atoms with Crippen molar-refractivity contribution in [2.45, 2.75) is 38.8 Å². The smallest absolute Gasteiger partial charge is 0.410 e. The maximum Gasteiger partial charge on any atom is 0.410 e. The van der Waals surface area contributed by atoms with Gasteiger partial charge in [-0.25, -0.2) is 9.59 Å². The van der Waals surface area contributed by atoms with Gasteiger partial charge in [-0.3, -0.25) is 0 Å². The van der Waals surface area contributed by atoms with Crippen molar-refractivity contribution < 1.29 is 19.1 Å². The molecular weight excluding hydrogens is 520 g/mol. The molecule has 1 heterocycles. The highest BCUT2D eigenvalue weighted by Gasteiger charge is 2.29. The van der Waals surface area contributed by atoms with Gasteiger partial charge < -0.3 is 24.6 Å². The van der Waals surface area contributed by atoms with Gasteiger partial charge in [0.25, 0.3) is 0 Å². The minimum Gasteiger partial charge on any atom is -0.449 e. The highest BCUT2D eigenvalue weighted by molar-refractivity contribution is 5.79. The third-order valence-electron chi connectivity index (χ3n) is 7.20. The maximum absolute atomic E-state index is 12.7. The molecule has 2 aliphatic rings. The second-order valence-electron chi connectivity index (χ2n) is 11.2. The lowest BCUT2D eigenvalue weighted by molar-refractivity contribution is 0.0240. The van der Waals surface area contributed by atoms with Gasteiger partial charge in [0.1, 0.15) is 12.2 Å². The van der Waals surface area contributed by atoms with Crippen LogP contribution >= 0.6 is 0 Å². The lowest BCUT2D eigenvalue weighted by Crippen LogP contribution is -2.50. The number of amides is 2. The van der Waals surface area contributed by atoms with Crippen molar-refractivity contribution in [3.8, 4) is 11.1 Å². The lowest BCUT2D eigenvalue weighted by Gasteiger charge is -2.37. The Hall–Kier alpha value is -4.69. The molecule has 3 aromatic rings. The number of alkyl carbamates (subject to hydrolysis) is 1. The van der Waals surface area contributed by atoms with Crippen molar-refractivity contribution in [1.82, 2.24) is 10.2 Å². The topological polar surface area (TPSA) is 120 Å². The molecule has 212 valence electrons. The number of nitrogens with zero attached hydrogens (tertiary/aromatic N) is 5. The molecule has 1 aliphatic carbocycles. The third-order valence-corrected chi connectivity index (χ3v) is 7.20. The van der Waals surface area contributed by atoms with E-state index in [0.29, 0.717) is 31.9 Å². The van der Waals surface area contributed by atoms with Gasteiger partial charge in [0.15, 0.2) is 0 Å². The fourth-order valence-corrected chi connectivity index (χ4v) is 5.35. The molecule has 1 aliphatic heterocycles. The Morgan fingerprint density at radius 1 is 0.976 bits per heavy atom. The summed E-state index contributed by atoms with van der Waals surface area (Å²) in [6, 6.07) is 21.9. The molecule has 0 unspecified atom stereocenters. The number of rotatable bonds is 6. The van der Waals surface area contributed by atoms with Gasteiger partial charge in [-0.2, -0.15) is 0 Å². The zero-order chi connectivity index (χ0) is 29.0. The number of hydrogen-bond donors (Lipinski definition) is 1. The van der Waals surface area contributed by atoms with Gasteiger partial charge in [0, 0.05) is 54.9 Å². The molecule has 1 saturated heterocycles. The first-order valence-electron chi connectivity index (χ1n) is 13.7. The number of carbonyl (C=O) groups excluding carboxylic acids is 2. The predicted molar refractivity (Wildman–Crippen MR) is 157 cm³/mol. The number of azide groups is 1. The molecule has 0 saturated carbocycles. The summed E-state index contributed by atoms with van der Waals surface area (Å²) in [4.78, 5) is 31.9. The Labute approximate surface area is 239 Å². The number of fused-ring (bicyclic) bond motifs is 3. The molecule has 10 nitrogen and oxygen atoms in total. The van der Waals surface area contributed by atoms with Crippen molar-refractivity contribution in [1.29, 1.82) is 0 Å². The highest BCUT2D eigenvalue weighted by Crippen LogP contribution is 2.44. The summed E-state index contributed by atoms with van der Waals surface area (Å²) in [5.74, 6) is -0.0209. The van der Waals surface area contributed by atoms with Gasteiger partial charge in [-0.15, -0.1) is 0 Å². The second-order valence-corrected chi connectivity index (χ2v) is 11.2. The normalized spacial score (nSPS) is 14.5. The fourth-order valence-electron chi connectivity index (χ4n) is 5.35. The Bertz CT molecular complexity index is 1440. The van der Waals surface area contributed by atoms with Crippen molar-refractivity contribution in [3.63, 3.8) is 0 Å². The van der Waals surface area contributed by atoms with E-state index in [4.69, 9.17) is 15.0 Å². The highest BCUT2D eigenvalue weighted by atomic mass is 16.6. The van der Waals surface area contributed by atoms with Crippen LogP contribution in [-0.4, -0.2) is 55.5 Å². The van der Waals surface area contributed by atoms with Gasteiger partial charge in [0.05, 0.1) is 0 Å². The molecule has 0 radical (unpaired) electrons. The summed E-state index contributed by atoms with van der Waals surface area (Å²) in [6.07, 6.45) is -0.846. The molecule has 0 spiro atoms. The monoisotopic (exact) mass is 554 g/mol. The Morgan fingerprint density at radius 2 is 1.61 bits per heavy atom.